The van der Waals surface area contributed by atoms with Crippen molar-refractivity contribution in [2.75, 3.05) is 0 Å². The van der Waals surface area contributed by atoms with Crippen LogP contribution in [-0.2, 0) is 9.59 Å². The van der Waals surface area contributed by atoms with Crippen LogP contribution in [0.15, 0.2) is 24.3 Å². The van der Waals surface area contributed by atoms with Gasteiger partial charge in [-0.1, -0.05) is 38.5 Å². The Bertz CT molecular complexity index is 476. The Kier molecular flexibility index (Phi) is 6.15. The Morgan fingerprint density at radius 3 is 2.55 bits per heavy atom. The van der Waals surface area contributed by atoms with Crippen molar-refractivity contribution in [2.24, 2.45) is 0 Å². The predicted molar refractivity (Wildman–Crippen MR) is 73.9 cm³/mol. The molecule has 0 aliphatic heterocycles. The molecule has 0 aromatic heterocycles. The molecule has 2 unspecified atom stereocenters. The summed E-state index contributed by atoms with van der Waals surface area (Å²) in [7, 11) is 0. The smallest absolute Gasteiger partial charge is 0.326 e. The number of aliphatic carboxylic acids is 1. The molecule has 1 rings (SSSR count). The van der Waals surface area contributed by atoms with Gasteiger partial charge in [0.1, 0.15) is 11.9 Å². The van der Waals surface area contributed by atoms with Crippen LogP contribution < -0.4 is 5.32 Å². The topological polar surface area (TPSA) is 66.4 Å². The number of rotatable bonds is 7. The molecule has 1 aromatic carbocycles. The first kappa shape index (κ1) is 16.1. The van der Waals surface area contributed by atoms with E-state index in [1.807, 2.05) is 6.92 Å². The molecule has 0 spiro atoms. The van der Waals surface area contributed by atoms with Gasteiger partial charge in [-0.15, -0.1) is 0 Å². The summed E-state index contributed by atoms with van der Waals surface area (Å²) in [4.78, 5) is 22.8. The zero-order valence-corrected chi connectivity index (χ0v) is 11.7. The van der Waals surface area contributed by atoms with Gasteiger partial charge in [0.05, 0.1) is 0 Å². The molecule has 0 aliphatic rings. The average Bonchev–Trinajstić information content (AvgIpc) is 2.38. The highest BCUT2D eigenvalue weighted by Crippen LogP contribution is 2.21. The van der Waals surface area contributed by atoms with Crippen LogP contribution >= 0.6 is 0 Å². The molecule has 0 radical (unpaired) electrons. The summed E-state index contributed by atoms with van der Waals surface area (Å²) in [6, 6.07) is 5.41. The van der Waals surface area contributed by atoms with Crippen LogP contribution in [0.5, 0.6) is 0 Å². The molecule has 0 bridgehead atoms. The van der Waals surface area contributed by atoms with Crippen LogP contribution in [0.2, 0.25) is 0 Å². The number of carbonyl (C=O) groups is 2. The first-order valence-electron chi connectivity index (χ1n) is 6.72. The van der Waals surface area contributed by atoms with Crippen LogP contribution in [0.25, 0.3) is 0 Å². The molecule has 0 aliphatic carbocycles. The number of hydrogen-bond donors (Lipinski definition) is 2. The highest BCUT2D eigenvalue weighted by atomic mass is 19.1. The third-order valence-corrected chi connectivity index (χ3v) is 3.14. The van der Waals surface area contributed by atoms with E-state index in [2.05, 4.69) is 5.32 Å². The van der Waals surface area contributed by atoms with Crippen LogP contribution in [0.3, 0.4) is 0 Å². The summed E-state index contributed by atoms with van der Waals surface area (Å²) in [6.07, 6.45) is 1.11. The van der Waals surface area contributed by atoms with Crippen molar-refractivity contribution < 1.29 is 19.1 Å². The zero-order chi connectivity index (χ0) is 15.1. The Labute approximate surface area is 118 Å². The van der Waals surface area contributed by atoms with Gasteiger partial charge in [-0.3, -0.25) is 4.79 Å². The van der Waals surface area contributed by atoms with Crippen molar-refractivity contribution in [1.82, 2.24) is 5.32 Å². The molecule has 0 saturated heterocycles. The van der Waals surface area contributed by atoms with Gasteiger partial charge in [0.15, 0.2) is 0 Å². The van der Waals surface area contributed by atoms with Crippen molar-refractivity contribution in [3.63, 3.8) is 0 Å². The maximum atomic E-state index is 13.6. The number of benzene rings is 1. The van der Waals surface area contributed by atoms with E-state index in [0.29, 0.717) is 18.4 Å². The molecule has 2 N–H and O–H groups in total. The molecule has 0 fully saturated rings. The lowest BCUT2D eigenvalue weighted by atomic mass is 9.96. The van der Waals surface area contributed by atoms with Crippen LogP contribution in [0.4, 0.5) is 4.39 Å². The lowest BCUT2D eigenvalue weighted by Crippen LogP contribution is -2.41. The SMILES string of the molecule is CCCC(NC(=O)CC(C)c1ccccc1F)C(=O)O. The van der Waals surface area contributed by atoms with E-state index in [-0.39, 0.29) is 24.1 Å². The highest BCUT2D eigenvalue weighted by molar-refractivity contribution is 5.83. The summed E-state index contributed by atoms with van der Waals surface area (Å²) in [5.74, 6) is -2.07. The lowest BCUT2D eigenvalue weighted by molar-refractivity contribution is -0.142. The molecule has 20 heavy (non-hydrogen) atoms. The molecule has 0 heterocycles. The van der Waals surface area contributed by atoms with Crippen molar-refractivity contribution in [3.8, 4) is 0 Å². The van der Waals surface area contributed by atoms with E-state index in [1.165, 1.54) is 6.07 Å². The largest absolute Gasteiger partial charge is 0.480 e. The fourth-order valence-corrected chi connectivity index (χ4v) is 2.06. The molecule has 2 atom stereocenters. The quantitative estimate of drug-likeness (QED) is 0.807. The second-order valence-corrected chi connectivity index (χ2v) is 4.87. The van der Waals surface area contributed by atoms with Crippen LogP contribution in [0, 0.1) is 5.82 Å². The van der Waals surface area contributed by atoms with Crippen molar-refractivity contribution >= 4 is 11.9 Å². The maximum absolute atomic E-state index is 13.6. The van der Waals surface area contributed by atoms with E-state index in [1.54, 1.807) is 25.1 Å². The van der Waals surface area contributed by atoms with Gasteiger partial charge in [0.2, 0.25) is 5.91 Å². The minimum absolute atomic E-state index is 0.0639. The molecule has 4 nitrogen and oxygen atoms in total. The third-order valence-electron chi connectivity index (χ3n) is 3.14. The molecule has 5 heteroatoms. The van der Waals surface area contributed by atoms with E-state index in [0.717, 1.165) is 0 Å². The second-order valence-electron chi connectivity index (χ2n) is 4.87. The van der Waals surface area contributed by atoms with E-state index in [9.17, 15) is 14.0 Å². The predicted octanol–water partition coefficient (Wildman–Crippen LogP) is 2.69. The van der Waals surface area contributed by atoms with Crippen LogP contribution in [0.1, 0.15) is 44.6 Å². The Hall–Kier alpha value is -1.91. The minimum atomic E-state index is -1.04. The lowest BCUT2D eigenvalue weighted by Gasteiger charge is -2.16. The number of carbonyl (C=O) groups excluding carboxylic acids is 1. The molecule has 110 valence electrons. The maximum Gasteiger partial charge on any atom is 0.326 e. The Balaban J connectivity index is 2.62. The summed E-state index contributed by atoms with van der Waals surface area (Å²) < 4.78 is 13.6. The molecular formula is C15H20FNO3. The summed E-state index contributed by atoms with van der Waals surface area (Å²) in [5, 5.41) is 11.5. The Morgan fingerprint density at radius 1 is 1.35 bits per heavy atom. The zero-order valence-electron chi connectivity index (χ0n) is 11.7. The highest BCUT2D eigenvalue weighted by Gasteiger charge is 2.21. The van der Waals surface area contributed by atoms with Gasteiger partial charge >= 0.3 is 5.97 Å². The normalized spacial score (nSPS) is 13.6. The number of halogens is 1. The number of carboxylic acid groups (broad SMARTS) is 1. The fourth-order valence-electron chi connectivity index (χ4n) is 2.06. The molecular weight excluding hydrogens is 261 g/mol. The average molecular weight is 281 g/mol. The summed E-state index contributed by atoms with van der Waals surface area (Å²) >= 11 is 0. The van der Waals surface area contributed by atoms with E-state index >= 15 is 0 Å². The minimum Gasteiger partial charge on any atom is -0.480 e. The number of hydrogen-bond acceptors (Lipinski definition) is 2. The summed E-state index contributed by atoms with van der Waals surface area (Å²) in [5.41, 5.74) is 0.463. The number of nitrogens with one attached hydrogen (secondary N) is 1. The van der Waals surface area contributed by atoms with Gasteiger partial charge in [-0.25, -0.2) is 9.18 Å². The van der Waals surface area contributed by atoms with Gasteiger partial charge < -0.3 is 10.4 Å². The fraction of sp³-hybridized carbons (Fsp3) is 0.467. The monoisotopic (exact) mass is 281 g/mol. The first-order chi connectivity index (χ1) is 9.45. The van der Waals surface area contributed by atoms with Crippen molar-refractivity contribution in [3.05, 3.63) is 35.6 Å². The van der Waals surface area contributed by atoms with Gasteiger partial charge in [-0.2, -0.15) is 0 Å². The van der Waals surface area contributed by atoms with Gasteiger partial charge in [0.25, 0.3) is 0 Å². The Morgan fingerprint density at radius 2 is 2.00 bits per heavy atom. The van der Waals surface area contributed by atoms with Gasteiger partial charge in [-0.05, 0) is 24.0 Å². The van der Waals surface area contributed by atoms with E-state index in [4.69, 9.17) is 5.11 Å². The molecule has 1 aromatic rings. The van der Waals surface area contributed by atoms with E-state index < -0.39 is 12.0 Å². The molecule has 1 amide bonds. The summed E-state index contributed by atoms with van der Waals surface area (Å²) in [6.45, 7) is 3.59. The first-order valence-corrected chi connectivity index (χ1v) is 6.72. The number of amides is 1. The standard InChI is InChI=1S/C15H20FNO3/c1-3-6-13(15(19)20)17-14(18)9-10(2)11-7-4-5-8-12(11)16/h4-5,7-8,10,13H,3,6,9H2,1-2H3,(H,17,18)(H,19,20). The van der Waals surface area contributed by atoms with Gasteiger partial charge in [0, 0.05) is 6.42 Å². The number of carboxylic acids is 1. The second kappa shape index (κ2) is 7.62. The third kappa shape index (κ3) is 4.64. The van der Waals surface area contributed by atoms with Crippen LogP contribution in [-0.4, -0.2) is 23.0 Å². The molecule has 0 saturated carbocycles. The van der Waals surface area contributed by atoms with Crippen molar-refractivity contribution in [2.45, 2.75) is 45.1 Å². The van der Waals surface area contributed by atoms with Crippen molar-refractivity contribution in [1.29, 1.82) is 0 Å².